The monoisotopic (exact) mass is 274 g/mol. The number of nitrogens with one attached hydrogen (secondary N) is 1. The van der Waals surface area contributed by atoms with Crippen molar-refractivity contribution in [3.05, 3.63) is 12.4 Å². The lowest BCUT2D eigenvalue weighted by atomic mass is 10.4. The van der Waals surface area contributed by atoms with E-state index in [9.17, 15) is 8.42 Å². The Kier molecular flexibility index (Phi) is 5.61. The summed E-state index contributed by atoms with van der Waals surface area (Å²) >= 11 is 0. The second-order valence-electron chi connectivity index (χ2n) is 4.07. The number of nitrogens with zero attached hydrogens (tertiary/aromatic N) is 3. The van der Waals surface area contributed by atoms with Crippen LogP contribution in [0.3, 0.4) is 0 Å². The molecular formula is C11H22N4O2S. The summed E-state index contributed by atoms with van der Waals surface area (Å²) in [5.74, 6) is 0.833. The highest BCUT2D eigenvalue weighted by Crippen LogP contribution is 2.04. The van der Waals surface area contributed by atoms with E-state index in [1.165, 1.54) is 10.6 Å². The van der Waals surface area contributed by atoms with Crippen molar-refractivity contribution in [2.75, 3.05) is 31.2 Å². The van der Waals surface area contributed by atoms with Crippen LogP contribution in [0.5, 0.6) is 0 Å². The third-order valence-electron chi connectivity index (χ3n) is 2.75. The minimum atomic E-state index is -3.08. The van der Waals surface area contributed by atoms with Gasteiger partial charge in [-0.05, 0) is 13.3 Å². The standard InChI is InChI=1S/C11H22N4O2S/c1-4-14-10-8-13-11(14)12-7-6-9-15(5-2)18(3,16)17/h8,10H,4-7,9H2,1-3H3,(H,12,13). The van der Waals surface area contributed by atoms with Crippen molar-refractivity contribution in [2.45, 2.75) is 26.8 Å². The van der Waals surface area contributed by atoms with Gasteiger partial charge in [-0.2, -0.15) is 0 Å². The largest absolute Gasteiger partial charge is 0.356 e. The maximum Gasteiger partial charge on any atom is 0.211 e. The molecule has 0 fully saturated rings. The highest BCUT2D eigenvalue weighted by atomic mass is 32.2. The van der Waals surface area contributed by atoms with Crippen molar-refractivity contribution >= 4 is 16.0 Å². The van der Waals surface area contributed by atoms with E-state index in [2.05, 4.69) is 17.2 Å². The quantitative estimate of drug-likeness (QED) is 0.718. The van der Waals surface area contributed by atoms with Crippen LogP contribution >= 0.6 is 0 Å². The van der Waals surface area contributed by atoms with E-state index in [0.717, 1.165) is 18.9 Å². The molecule has 7 heteroatoms. The van der Waals surface area contributed by atoms with Crippen molar-refractivity contribution in [2.24, 2.45) is 0 Å². The van der Waals surface area contributed by atoms with Crippen LogP contribution < -0.4 is 5.32 Å². The predicted octanol–water partition coefficient (Wildman–Crippen LogP) is 0.986. The Bertz CT molecular complexity index is 455. The van der Waals surface area contributed by atoms with Gasteiger partial charge in [-0.1, -0.05) is 6.92 Å². The average Bonchev–Trinajstić information content (AvgIpc) is 2.74. The molecule has 0 aliphatic rings. The zero-order chi connectivity index (χ0) is 13.6. The first kappa shape index (κ1) is 15.0. The fourth-order valence-corrected chi connectivity index (χ4v) is 2.68. The van der Waals surface area contributed by atoms with Gasteiger partial charge >= 0.3 is 0 Å². The SMILES string of the molecule is CCN(CCCNc1nccn1CC)S(C)(=O)=O. The number of aryl methyl sites for hydroxylation is 1. The lowest BCUT2D eigenvalue weighted by Gasteiger charge is -2.17. The topological polar surface area (TPSA) is 67.2 Å². The molecule has 1 heterocycles. The maximum absolute atomic E-state index is 11.4. The second-order valence-corrected chi connectivity index (χ2v) is 6.05. The highest BCUT2D eigenvalue weighted by Gasteiger charge is 2.13. The van der Waals surface area contributed by atoms with Gasteiger partial charge in [0.25, 0.3) is 0 Å². The zero-order valence-corrected chi connectivity index (χ0v) is 12.1. The number of hydrogen-bond acceptors (Lipinski definition) is 4. The highest BCUT2D eigenvalue weighted by molar-refractivity contribution is 7.88. The first-order chi connectivity index (χ1) is 8.49. The molecule has 0 saturated heterocycles. The molecule has 1 aromatic rings. The number of hydrogen-bond donors (Lipinski definition) is 1. The van der Waals surface area contributed by atoms with Crippen molar-refractivity contribution in [1.82, 2.24) is 13.9 Å². The van der Waals surface area contributed by atoms with Crippen LogP contribution in [0.1, 0.15) is 20.3 Å². The minimum Gasteiger partial charge on any atom is -0.356 e. The Morgan fingerprint density at radius 2 is 2.17 bits per heavy atom. The molecule has 0 radical (unpaired) electrons. The average molecular weight is 274 g/mol. The zero-order valence-electron chi connectivity index (χ0n) is 11.3. The minimum absolute atomic E-state index is 0.516. The summed E-state index contributed by atoms with van der Waals surface area (Å²) in [4.78, 5) is 4.19. The van der Waals surface area contributed by atoms with Gasteiger partial charge in [0.2, 0.25) is 16.0 Å². The van der Waals surface area contributed by atoms with Crippen LogP contribution in [0.2, 0.25) is 0 Å². The Balaban J connectivity index is 2.35. The van der Waals surface area contributed by atoms with E-state index in [1.54, 1.807) is 6.20 Å². The molecular weight excluding hydrogens is 252 g/mol. The van der Waals surface area contributed by atoms with E-state index >= 15 is 0 Å². The van der Waals surface area contributed by atoms with Crippen molar-refractivity contribution in [3.8, 4) is 0 Å². The van der Waals surface area contributed by atoms with Gasteiger partial charge in [0.1, 0.15) is 0 Å². The molecule has 0 saturated carbocycles. The molecule has 104 valence electrons. The molecule has 0 amide bonds. The summed E-state index contributed by atoms with van der Waals surface area (Å²) < 4.78 is 26.2. The summed E-state index contributed by atoms with van der Waals surface area (Å²) in [7, 11) is -3.08. The molecule has 1 aromatic heterocycles. The molecule has 0 bridgehead atoms. The summed E-state index contributed by atoms with van der Waals surface area (Å²) in [6, 6.07) is 0. The number of aromatic nitrogens is 2. The van der Waals surface area contributed by atoms with Gasteiger partial charge in [0.05, 0.1) is 6.26 Å². The fourth-order valence-electron chi connectivity index (χ4n) is 1.75. The molecule has 1 N–H and O–H groups in total. The predicted molar refractivity (Wildman–Crippen MR) is 73.1 cm³/mol. The van der Waals surface area contributed by atoms with Crippen LogP contribution in [0.15, 0.2) is 12.4 Å². The lowest BCUT2D eigenvalue weighted by molar-refractivity contribution is 0.428. The molecule has 1 rings (SSSR count). The number of imidazole rings is 1. The molecule has 18 heavy (non-hydrogen) atoms. The molecule has 0 atom stereocenters. The smallest absolute Gasteiger partial charge is 0.211 e. The number of anilines is 1. The van der Waals surface area contributed by atoms with E-state index in [4.69, 9.17) is 0 Å². The summed E-state index contributed by atoms with van der Waals surface area (Å²) in [6.45, 7) is 6.53. The Hall–Kier alpha value is -1.08. The van der Waals surface area contributed by atoms with E-state index in [0.29, 0.717) is 19.6 Å². The summed E-state index contributed by atoms with van der Waals surface area (Å²) in [6.07, 6.45) is 5.67. The Morgan fingerprint density at radius 3 is 2.72 bits per heavy atom. The Morgan fingerprint density at radius 1 is 1.44 bits per heavy atom. The van der Waals surface area contributed by atoms with Gasteiger partial charge < -0.3 is 9.88 Å². The summed E-state index contributed by atoms with van der Waals surface area (Å²) in [5, 5.41) is 3.21. The molecule has 0 unspecified atom stereocenters. The van der Waals surface area contributed by atoms with Gasteiger partial charge in [-0.3, -0.25) is 0 Å². The van der Waals surface area contributed by atoms with Crippen molar-refractivity contribution < 1.29 is 8.42 Å². The molecule has 0 aliphatic heterocycles. The van der Waals surface area contributed by atoms with Crippen LogP contribution in [0, 0.1) is 0 Å². The number of sulfonamides is 1. The third-order valence-corrected chi connectivity index (χ3v) is 4.12. The van der Waals surface area contributed by atoms with Crippen LogP contribution in [0.25, 0.3) is 0 Å². The van der Waals surface area contributed by atoms with Gasteiger partial charge in [0, 0.05) is 38.6 Å². The lowest BCUT2D eigenvalue weighted by Crippen LogP contribution is -2.31. The Labute approximate surface area is 109 Å². The summed E-state index contributed by atoms with van der Waals surface area (Å²) in [5.41, 5.74) is 0. The van der Waals surface area contributed by atoms with Crippen LogP contribution in [0.4, 0.5) is 5.95 Å². The fraction of sp³-hybridized carbons (Fsp3) is 0.727. The molecule has 0 aliphatic carbocycles. The molecule has 0 spiro atoms. The maximum atomic E-state index is 11.4. The third kappa shape index (κ3) is 4.30. The van der Waals surface area contributed by atoms with Gasteiger partial charge in [0.15, 0.2) is 0 Å². The van der Waals surface area contributed by atoms with Crippen molar-refractivity contribution in [1.29, 1.82) is 0 Å². The van der Waals surface area contributed by atoms with E-state index in [-0.39, 0.29) is 0 Å². The van der Waals surface area contributed by atoms with E-state index < -0.39 is 10.0 Å². The number of rotatable bonds is 8. The van der Waals surface area contributed by atoms with Crippen molar-refractivity contribution in [3.63, 3.8) is 0 Å². The van der Waals surface area contributed by atoms with E-state index in [1.807, 2.05) is 17.7 Å². The molecule has 6 nitrogen and oxygen atoms in total. The molecule has 0 aromatic carbocycles. The second kappa shape index (κ2) is 6.75. The first-order valence-electron chi connectivity index (χ1n) is 6.19. The van der Waals surface area contributed by atoms with Gasteiger partial charge in [-0.15, -0.1) is 0 Å². The normalized spacial score (nSPS) is 12.0. The van der Waals surface area contributed by atoms with Gasteiger partial charge in [-0.25, -0.2) is 17.7 Å². The van der Waals surface area contributed by atoms with Crippen LogP contribution in [-0.4, -0.2) is 48.2 Å². The first-order valence-corrected chi connectivity index (χ1v) is 8.04. The van der Waals surface area contributed by atoms with Crippen LogP contribution in [-0.2, 0) is 16.6 Å².